The number of ether oxygens (including phenoxy) is 1. The van der Waals surface area contributed by atoms with Crippen LogP contribution in [0, 0.1) is 26.2 Å². The van der Waals surface area contributed by atoms with Crippen molar-refractivity contribution in [1.29, 1.82) is 0 Å². The Labute approximate surface area is 142 Å². The predicted octanol–water partition coefficient (Wildman–Crippen LogP) is 5.22. The van der Waals surface area contributed by atoms with Gasteiger partial charge in [0.1, 0.15) is 12.4 Å². The van der Waals surface area contributed by atoms with Gasteiger partial charge in [-0.05, 0) is 42.3 Å². The molecule has 0 saturated carbocycles. The van der Waals surface area contributed by atoms with Crippen molar-refractivity contribution in [2.24, 2.45) is 4.99 Å². The third-order valence-corrected chi connectivity index (χ3v) is 3.93. The second kappa shape index (κ2) is 7.02. The standard InChI is InChI=1S/C22H19NO/c1-4-13-24-22-12-10-18-7-5-6-8-19(18)20(22)15-23-21-11-9-16(2)14-17(21)3/h1,5-12,14-15H,13H2,2-3H3. The second-order valence-corrected chi connectivity index (χ2v) is 5.74. The van der Waals surface area contributed by atoms with Crippen LogP contribution in [0.2, 0.25) is 0 Å². The van der Waals surface area contributed by atoms with Gasteiger partial charge >= 0.3 is 0 Å². The number of benzene rings is 3. The van der Waals surface area contributed by atoms with Crippen LogP contribution in [0.25, 0.3) is 10.8 Å². The van der Waals surface area contributed by atoms with Crippen molar-refractivity contribution in [1.82, 2.24) is 0 Å². The highest BCUT2D eigenvalue weighted by molar-refractivity contribution is 6.03. The van der Waals surface area contributed by atoms with Gasteiger partial charge in [-0.1, -0.05) is 53.9 Å². The Balaban J connectivity index is 2.08. The molecule has 0 aliphatic rings. The molecule has 0 unspecified atom stereocenters. The highest BCUT2D eigenvalue weighted by Crippen LogP contribution is 2.28. The maximum Gasteiger partial charge on any atom is 0.148 e. The molecule has 24 heavy (non-hydrogen) atoms. The van der Waals surface area contributed by atoms with Crippen LogP contribution in [0.5, 0.6) is 5.75 Å². The van der Waals surface area contributed by atoms with E-state index in [4.69, 9.17) is 11.2 Å². The molecule has 0 heterocycles. The van der Waals surface area contributed by atoms with E-state index in [0.29, 0.717) is 0 Å². The number of nitrogens with zero attached hydrogens (tertiary/aromatic N) is 1. The van der Waals surface area contributed by atoms with Gasteiger partial charge in [-0.15, -0.1) is 6.42 Å². The number of hydrogen-bond donors (Lipinski definition) is 0. The van der Waals surface area contributed by atoms with Gasteiger partial charge < -0.3 is 4.74 Å². The van der Waals surface area contributed by atoms with Crippen molar-refractivity contribution in [2.75, 3.05) is 6.61 Å². The van der Waals surface area contributed by atoms with E-state index in [1.165, 1.54) is 5.56 Å². The molecule has 0 fully saturated rings. The topological polar surface area (TPSA) is 21.6 Å². The lowest BCUT2D eigenvalue weighted by Gasteiger charge is -2.10. The summed E-state index contributed by atoms with van der Waals surface area (Å²) in [6.07, 6.45) is 7.20. The average Bonchev–Trinajstić information content (AvgIpc) is 2.59. The SMILES string of the molecule is C#CCOc1ccc2ccccc2c1C=Nc1ccc(C)cc1C. The molecule has 3 rings (SSSR count). The largest absolute Gasteiger partial charge is 0.480 e. The van der Waals surface area contributed by atoms with Crippen molar-refractivity contribution < 1.29 is 4.74 Å². The summed E-state index contributed by atoms with van der Waals surface area (Å²) in [4.78, 5) is 4.68. The zero-order valence-corrected chi connectivity index (χ0v) is 13.9. The first kappa shape index (κ1) is 15.8. The number of terminal acetylenes is 1. The lowest BCUT2D eigenvalue weighted by Crippen LogP contribution is -1.98. The van der Waals surface area contributed by atoms with E-state index in [2.05, 4.69) is 49.0 Å². The molecule has 0 aliphatic carbocycles. The van der Waals surface area contributed by atoms with E-state index < -0.39 is 0 Å². The monoisotopic (exact) mass is 313 g/mol. The van der Waals surface area contributed by atoms with Crippen LogP contribution in [-0.4, -0.2) is 12.8 Å². The maximum absolute atomic E-state index is 5.70. The quantitative estimate of drug-likeness (QED) is 0.478. The van der Waals surface area contributed by atoms with Gasteiger partial charge in [0.15, 0.2) is 0 Å². The van der Waals surface area contributed by atoms with Gasteiger partial charge in [-0.2, -0.15) is 0 Å². The first-order valence-corrected chi connectivity index (χ1v) is 7.88. The predicted molar refractivity (Wildman–Crippen MR) is 101 cm³/mol. The molecule has 0 saturated heterocycles. The summed E-state index contributed by atoms with van der Waals surface area (Å²) in [6, 6.07) is 18.4. The highest BCUT2D eigenvalue weighted by atomic mass is 16.5. The molecule has 0 N–H and O–H groups in total. The summed E-state index contributed by atoms with van der Waals surface area (Å²) in [5, 5.41) is 2.24. The van der Waals surface area contributed by atoms with Crippen LogP contribution >= 0.6 is 0 Å². The summed E-state index contributed by atoms with van der Waals surface area (Å²) in [6.45, 7) is 4.39. The Morgan fingerprint density at radius 3 is 2.71 bits per heavy atom. The second-order valence-electron chi connectivity index (χ2n) is 5.74. The minimum absolute atomic E-state index is 0.239. The zero-order valence-electron chi connectivity index (χ0n) is 13.9. The number of fused-ring (bicyclic) bond motifs is 1. The van der Waals surface area contributed by atoms with Crippen molar-refractivity contribution in [3.8, 4) is 18.1 Å². The minimum Gasteiger partial charge on any atom is -0.480 e. The molecule has 0 amide bonds. The lowest BCUT2D eigenvalue weighted by molar-refractivity contribution is 0.370. The molecular weight excluding hydrogens is 294 g/mol. The van der Waals surface area contributed by atoms with E-state index in [1.54, 1.807) is 0 Å². The summed E-state index contributed by atoms with van der Waals surface area (Å²) in [5.41, 5.74) is 4.28. The van der Waals surface area contributed by atoms with E-state index in [9.17, 15) is 0 Å². The van der Waals surface area contributed by atoms with Crippen LogP contribution in [0.1, 0.15) is 16.7 Å². The third-order valence-electron chi connectivity index (χ3n) is 3.93. The Morgan fingerprint density at radius 1 is 1.08 bits per heavy atom. The Hall–Kier alpha value is -3.05. The average molecular weight is 313 g/mol. The first-order chi connectivity index (χ1) is 11.7. The van der Waals surface area contributed by atoms with Crippen LogP contribution < -0.4 is 4.74 Å². The third kappa shape index (κ3) is 3.31. The van der Waals surface area contributed by atoms with Gasteiger partial charge in [-0.3, -0.25) is 4.99 Å². The van der Waals surface area contributed by atoms with Gasteiger partial charge in [0.25, 0.3) is 0 Å². The zero-order chi connectivity index (χ0) is 16.9. The van der Waals surface area contributed by atoms with E-state index in [1.807, 2.05) is 36.5 Å². The fraction of sp³-hybridized carbons (Fsp3) is 0.136. The van der Waals surface area contributed by atoms with Gasteiger partial charge in [0, 0.05) is 11.8 Å². The molecule has 3 aromatic carbocycles. The van der Waals surface area contributed by atoms with Crippen LogP contribution in [-0.2, 0) is 0 Å². The van der Waals surface area contributed by atoms with Gasteiger partial charge in [-0.25, -0.2) is 0 Å². The normalized spacial score (nSPS) is 10.9. The first-order valence-electron chi connectivity index (χ1n) is 7.88. The number of rotatable bonds is 4. The number of aliphatic imine (C=N–C) groups is 1. The summed E-state index contributed by atoms with van der Waals surface area (Å²) in [5.74, 6) is 3.26. The smallest absolute Gasteiger partial charge is 0.148 e. The molecule has 0 aromatic heterocycles. The fourth-order valence-electron chi connectivity index (χ4n) is 2.74. The van der Waals surface area contributed by atoms with Crippen LogP contribution in [0.4, 0.5) is 5.69 Å². The van der Waals surface area contributed by atoms with Gasteiger partial charge in [0.2, 0.25) is 0 Å². The molecule has 0 spiro atoms. The fourth-order valence-corrected chi connectivity index (χ4v) is 2.74. The molecule has 2 heteroatoms. The summed E-state index contributed by atoms with van der Waals surface area (Å²) < 4.78 is 5.70. The van der Waals surface area contributed by atoms with Crippen molar-refractivity contribution in [3.05, 3.63) is 71.3 Å². The Kier molecular flexibility index (Phi) is 4.63. The molecule has 3 aromatic rings. The maximum atomic E-state index is 5.70. The van der Waals surface area contributed by atoms with Crippen LogP contribution in [0.15, 0.2) is 59.6 Å². The van der Waals surface area contributed by atoms with Crippen molar-refractivity contribution in [2.45, 2.75) is 13.8 Å². The lowest BCUT2D eigenvalue weighted by atomic mass is 10.0. The van der Waals surface area contributed by atoms with E-state index in [0.717, 1.165) is 33.3 Å². The summed E-state index contributed by atoms with van der Waals surface area (Å²) in [7, 11) is 0. The Morgan fingerprint density at radius 2 is 1.92 bits per heavy atom. The molecule has 0 bridgehead atoms. The molecule has 2 nitrogen and oxygen atoms in total. The Bertz CT molecular complexity index is 948. The molecular formula is C22H19NO. The molecule has 0 aliphatic heterocycles. The molecule has 118 valence electrons. The number of aryl methyl sites for hydroxylation is 2. The summed E-state index contributed by atoms with van der Waals surface area (Å²) >= 11 is 0. The van der Waals surface area contributed by atoms with Crippen molar-refractivity contribution >= 4 is 22.7 Å². The van der Waals surface area contributed by atoms with Crippen LogP contribution in [0.3, 0.4) is 0 Å². The van der Waals surface area contributed by atoms with E-state index in [-0.39, 0.29) is 6.61 Å². The minimum atomic E-state index is 0.239. The molecule has 0 radical (unpaired) electrons. The van der Waals surface area contributed by atoms with Crippen molar-refractivity contribution in [3.63, 3.8) is 0 Å². The highest BCUT2D eigenvalue weighted by Gasteiger charge is 2.07. The molecule has 0 atom stereocenters. The van der Waals surface area contributed by atoms with E-state index >= 15 is 0 Å². The van der Waals surface area contributed by atoms with Gasteiger partial charge in [0.05, 0.1) is 5.69 Å². The number of hydrogen-bond acceptors (Lipinski definition) is 2.